The molecule has 0 radical (unpaired) electrons. The molecule has 0 unspecified atom stereocenters. The number of nitrogens with zero attached hydrogens (tertiary/aromatic N) is 6. The molecule has 0 bridgehead atoms. The van der Waals surface area contributed by atoms with Crippen molar-refractivity contribution >= 4 is 110 Å². The second-order valence-corrected chi connectivity index (χ2v) is 21.4. The molecule has 6 nitrogen and oxygen atoms in total. The van der Waals surface area contributed by atoms with Gasteiger partial charge in [0, 0.05) is 85.1 Å². The molecule has 6 heterocycles. The Labute approximate surface area is 434 Å². The first-order chi connectivity index (χ1) is 36.4. The van der Waals surface area contributed by atoms with Gasteiger partial charge in [0.15, 0.2) is 0 Å². The first kappa shape index (κ1) is 42.8. The van der Waals surface area contributed by atoms with E-state index in [1.165, 1.54) is 64.1 Å². The largest absolute Gasteiger partial charge is 0.309 e. The summed E-state index contributed by atoms with van der Waals surface area (Å²) in [6, 6.07) is 70.4. The summed E-state index contributed by atoms with van der Waals surface area (Å²) in [5.74, 6) is 0. The molecule has 0 atom stereocenters. The van der Waals surface area contributed by atoms with E-state index >= 15 is 0 Å². The smallest absolute Gasteiger partial charge is 0.101 e. The van der Waals surface area contributed by atoms with Crippen molar-refractivity contribution in [2.75, 3.05) is 0 Å². The molecule has 74 heavy (non-hydrogen) atoms. The lowest BCUT2D eigenvalue weighted by Crippen LogP contribution is -2.02. The summed E-state index contributed by atoms with van der Waals surface area (Å²) in [6.07, 6.45) is 0. The molecular weight excluding hydrogens is 941 g/mol. The summed E-state index contributed by atoms with van der Waals surface area (Å²) in [4.78, 5) is 26.7. The molecule has 8 heteroatoms. The molecule has 15 rings (SSSR count). The Morgan fingerprint density at radius 3 is 0.797 bits per heavy atom. The average Bonchev–Trinajstić information content (AvgIpc) is 4.20. The maximum absolute atomic E-state index is 5.52. The molecule has 0 fully saturated rings. The quantitative estimate of drug-likeness (QED) is 0.156. The van der Waals surface area contributed by atoms with E-state index in [0.29, 0.717) is 0 Å². The van der Waals surface area contributed by atoms with Crippen LogP contribution in [0.4, 0.5) is 0 Å². The van der Waals surface area contributed by atoms with E-state index in [0.717, 1.165) is 99.0 Å². The maximum Gasteiger partial charge on any atom is 0.101 e. The average molecular weight is 985 g/mol. The first-order valence-electron chi connectivity index (χ1n) is 25.1. The molecule has 0 amide bonds. The molecule has 0 saturated carbocycles. The van der Waals surface area contributed by atoms with Crippen molar-refractivity contribution < 1.29 is 0 Å². The molecule has 9 aromatic carbocycles. The SMILES string of the molecule is Cc1nc2c(-c3sc(-c4ccc(-n5c6ccccc6c6ccccc65)cc4)c4ccccc34)c3nc(C)c(C)nc3c(-c3sc(-c4ccc(-n5c6ccccc6c6ccccc65)cc4)c4ccccc34)c2nc1C. The molecule has 0 aliphatic rings. The Bertz CT molecular complexity index is 4340. The normalized spacial score (nSPS) is 12.1. The highest BCUT2D eigenvalue weighted by Gasteiger charge is 2.28. The summed E-state index contributed by atoms with van der Waals surface area (Å²) in [7, 11) is 0. The number of fused-ring (bicyclic) bond motifs is 10. The Hall–Kier alpha value is -8.82. The molecule has 0 aliphatic carbocycles. The molecule has 0 spiro atoms. The van der Waals surface area contributed by atoms with Gasteiger partial charge in [-0.3, -0.25) is 0 Å². The van der Waals surface area contributed by atoms with Crippen LogP contribution in [0.3, 0.4) is 0 Å². The van der Waals surface area contributed by atoms with E-state index in [1.807, 2.05) is 0 Å². The highest BCUT2D eigenvalue weighted by atomic mass is 32.1. The monoisotopic (exact) mass is 984 g/mol. The minimum atomic E-state index is 0.836. The zero-order valence-electron chi connectivity index (χ0n) is 41.0. The van der Waals surface area contributed by atoms with Gasteiger partial charge in [-0.25, -0.2) is 19.9 Å². The Morgan fingerprint density at radius 1 is 0.270 bits per heavy atom. The molecule has 15 aromatic rings. The Kier molecular flexibility index (Phi) is 9.46. The van der Waals surface area contributed by atoms with E-state index in [9.17, 15) is 0 Å². The van der Waals surface area contributed by atoms with Crippen molar-refractivity contribution in [1.82, 2.24) is 29.1 Å². The Balaban J connectivity index is 0.923. The van der Waals surface area contributed by atoms with Gasteiger partial charge in [-0.1, -0.05) is 146 Å². The standard InChI is InChI=1S/C66H44N6S2/c1-37-38(2)68-60-58(66-52-24-8-6-22-50(52)64(74-66)42-31-35-44(36-32-42)72-55-27-15-11-19-47(55)48-20-12-16-28-56(48)72)62-61(69-39(3)40(4)70-62)57(59(60)67-37)65-51-23-7-5-21-49(51)63(73-65)41-29-33-43(34-30-41)71-53-25-13-9-17-45(53)46-18-10-14-26-54(46)71/h5-36H,1-4H3. The first-order valence-corrected chi connectivity index (χ1v) is 26.7. The zero-order chi connectivity index (χ0) is 49.3. The molecular formula is C66H44N6S2. The number of rotatable bonds is 6. The summed E-state index contributed by atoms with van der Waals surface area (Å²) in [6.45, 7) is 8.28. The van der Waals surface area contributed by atoms with Gasteiger partial charge in [-0.2, -0.15) is 0 Å². The van der Waals surface area contributed by atoms with Gasteiger partial charge in [0.05, 0.1) is 44.8 Å². The molecule has 0 N–H and O–H groups in total. The second kappa shape index (κ2) is 16.3. The minimum absolute atomic E-state index is 0.836. The van der Waals surface area contributed by atoms with Crippen LogP contribution in [0.15, 0.2) is 194 Å². The van der Waals surface area contributed by atoms with Gasteiger partial charge in [-0.15, -0.1) is 22.7 Å². The molecule has 6 aromatic heterocycles. The number of hydrogen-bond donors (Lipinski definition) is 0. The van der Waals surface area contributed by atoms with E-state index in [1.54, 1.807) is 22.7 Å². The predicted molar refractivity (Wildman–Crippen MR) is 313 cm³/mol. The fraction of sp³-hybridized carbons (Fsp3) is 0.0606. The highest BCUT2D eigenvalue weighted by molar-refractivity contribution is 7.21. The third kappa shape index (κ3) is 6.28. The van der Waals surface area contributed by atoms with Crippen LogP contribution in [-0.4, -0.2) is 29.1 Å². The summed E-state index contributed by atoms with van der Waals surface area (Å²) < 4.78 is 4.75. The number of benzene rings is 9. The number of aromatic nitrogens is 6. The van der Waals surface area contributed by atoms with E-state index in [4.69, 9.17) is 19.9 Å². The lowest BCUT2D eigenvalue weighted by atomic mass is 9.96. The summed E-state index contributed by atoms with van der Waals surface area (Å²) in [5, 5.41) is 9.70. The Morgan fingerprint density at radius 2 is 0.514 bits per heavy atom. The van der Waals surface area contributed by atoms with Crippen molar-refractivity contribution in [3.05, 3.63) is 217 Å². The lowest BCUT2D eigenvalue weighted by molar-refractivity contribution is 1.09. The van der Waals surface area contributed by atoms with E-state index in [2.05, 4.69) is 231 Å². The van der Waals surface area contributed by atoms with Gasteiger partial charge in [0.25, 0.3) is 0 Å². The van der Waals surface area contributed by atoms with Crippen LogP contribution < -0.4 is 0 Å². The fourth-order valence-corrected chi connectivity index (χ4v) is 14.1. The van der Waals surface area contributed by atoms with Gasteiger partial charge in [0.1, 0.15) is 22.1 Å². The summed E-state index contributed by atoms with van der Waals surface area (Å²) in [5.41, 5.74) is 18.2. The fourth-order valence-electron chi connectivity index (χ4n) is 11.5. The van der Waals surface area contributed by atoms with Crippen LogP contribution in [0.2, 0.25) is 0 Å². The van der Waals surface area contributed by atoms with Crippen LogP contribution in [0.5, 0.6) is 0 Å². The van der Waals surface area contributed by atoms with Crippen molar-refractivity contribution in [3.63, 3.8) is 0 Å². The highest BCUT2D eigenvalue weighted by Crippen LogP contribution is 2.53. The predicted octanol–water partition coefficient (Wildman–Crippen LogP) is 18.1. The zero-order valence-corrected chi connectivity index (χ0v) is 42.6. The third-order valence-electron chi connectivity index (χ3n) is 15.2. The lowest BCUT2D eigenvalue weighted by Gasteiger charge is -2.16. The molecule has 350 valence electrons. The van der Waals surface area contributed by atoms with Gasteiger partial charge < -0.3 is 9.13 Å². The van der Waals surface area contributed by atoms with Crippen LogP contribution in [0.1, 0.15) is 22.8 Å². The van der Waals surface area contributed by atoms with Crippen molar-refractivity contribution in [2.24, 2.45) is 0 Å². The van der Waals surface area contributed by atoms with E-state index in [-0.39, 0.29) is 0 Å². The van der Waals surface area contributed by atoms with Gasteiger partial charge >= 0.3 is 0 Å². The molecule has 0 aliphatic heterocycles. The number of hydrogen-bond acceptors (Lipinski definition) is 6. The summed E-state index contributed by atoms with van der Waals surface area (Å²) >= 11 is 3.60. The number of thiophene rings is 2. The van der Waals surface area contributed by atoms with Crippen LogP contribution in [0, 0.1) is 27.7 Å². The van der Waals surface area contributed by atoms with Crippen LogP contribution >= 0.6 is 22.7 Å². The number of para-hydroxylation sites is 4. The maximum atomic E-state index is 5.52. The third-order valence-corrected chi connectivity index (χ3v) is 17.8. The van der Waals surface area contributed by atoms with Crippen molar-refractivity contribution in [2.45, 2.75) is 27.7 Å². The number of aryl methyl sites for hydroxylation is 4. The molecule has 0 saturated heterocycles. The van der Waals surface area contributed by atoms with Crippen molar-refractivity contribution in [1.29, 1.82) is 0 Å². The van der Waals surface area contributed by atoms with Crippen LogP contribution in [-0.2, 0) is 0 Å². The van der Waals surface area contributed by atoms with Crippen LogP contribution in [0.25, 0.3) is 140 Å². The minimum Gasteiger partial charge on any atom is -0.309 e. The van der Waals surface area contributed by atoms with Gasteiger partial charge in [0.2, 0.25) is 0 Å². The second-order valence-electron chi connectivity index (χ2n) is 19.4. The van der Waals surface area contributed by atoms with E-state index < -0.39 is 0 Å². The van der Waals surface area contributed by atoms with Crippen molar-refractivity contribution in [3.8, 4) is 53.1 Å². The van der Waals surface area contributed by atoms with Gasteiger partial charge in [-0.05, 0) is 87.4 Å². The topological polar surface area (TPSA) is 61.4 Å².